The molecule has 3 nitrogen and oxygen atoms in total. The fourth-order valence-corrected chi connectivity index (χ4v) is 4.04. The van der Waals surface area contributed by atoms with Crippen molar-refractivity contribution in [3.05, 3.63) is 80.7 Å². The highest BCUT2D eigenvalue weighted by molar-refractivity contribution is 7.10. The molecule has 0 radical (unpaired) electrons. The Labute approximate surface area is 142 Å². The number of thiophene rings is 2. The largest absolute Gasteiger partial charge is 0.387 e. The number of carbonyl (C=O) groups excluding carboxylic acids is 1. The van der Waals surface area contributed by atoms with E-state index in [0.717, 1.165) is 0 Å². The number of Topliss-reactive ketones (excluding diaryl/α,β-unsaturated/α-hetero) is 1. The minimum absolute atomic E-state index is 0.257. The number of hydrogen-bond donors (Lipinski definition) is 2. The summed E-state index contributed by atoms with van der Waals surface area (Å²) in [5.74, 6) is -1.19. The van der Waals surface area contributed by atoms with Gasteiger partial charge in [0.25, 0.3) is 0 Å². The monoisotopic (exact) mass is 344 g/mol. The van der Waals surface area contributed by atoms with Crippen molar-refractivity contribution in [3.63, 3.8) is 0 Å². The van der Waals surface area contributed by atoms with Gasteiger partial charge in [0.1, 0.15) is 12.2 Å². The summed E-state index contributed by atoms with van der Waals surface area (Å²) in [6.07, 6.45) is -2.08. The summed E-state index contributed by atoms with van der Waals surface area (Å²) < 4.78 is 0. The molecule has 23 heavy (non-hydrogen) atoms. The van der Waals surface area contributed by atoms with Crippen LogP contribution in [0.15, 0.2) is 65.4 Å². The van der Waals surface area contributed by atoms with Gasteiger partial charge in [0.15, 0.2) is 5.78 Å². The number of carbonyl (C=O) groups is 1. The maximum Gasteiger partial charge on any atom is 0.171 e. The average Bonchev–Trinajstić information content (AvgIpc) is 3.29. The number of aliphatic hydroxyl groups is 2. The zero-order chi connectivity index (χ0) is 16.2. The molecule has 0 aliphatic heterocycles. The quantitative estimate of drug-likeness (QED) is 0.663. The molecule has 5 heteroatoms. The van der Waals surface area contributed by atoms with Gasteiger partial charge >= 0.3 is 0 Å². The van der Waals surface area contributed by atoms with Crippen molar-refractivity contribution in [3.8, 4) is 0 Å². The molecule has 118 valence electrons. The number of aliphatic hydroxyl groups excluding tert-OH is 2. The Morgan fingerprint density at radius 3 is 1.74 bits per heavy atom. The molecule has 2 N–H and O–H groups in total. The molecular weight excluding hydrogens is 328 g/mol. The van der Waals surface area contributed by atoms with Crippen LogP contribution in [-0.2, 0) is 0 Å². The Hall–Kier alpha value is -1.79. The van der Waals surface area contributed by atoms with Crippen molar-refractivity contribution >= 4 is 28.5 Å². The highest BCUT2D eigenvalue weighted by Crippen LogP contribution is 2.38. The lowest BCUT2D eigenvalue weighted by Crippen LogP contribution is -2.28. The normalized spacial score (nSPS) is 13.9. The minimum atomic E-state index is -1.04. The maximum atomic E-state index is 12.9. The van der Waals surface area contributed by atoms with Crippen molar-refractivity contribution in [2.24, 2.45) is 5.92 Å². The van der Waals surface area contributed by atoms with E-state index in [9.17, 15) is 15.0 Å². The second-order valence-electron chi connectivity index (χ2n) is 5.18. The minimum Gasteiger partial charge on any atom is -0.387 e. The fraction of sp³-hybridized carbons (Fsp3) is 0.167. The fourth-order valence-electron chi connectivity index (χ4n) is 2.53. The molecule has 0 spiro atoms. The van der Waals surface area contributed by atoms with Gasteiger partial charge in [0.05, 0.1) is 5.92 Å². The third-order valence-electron chi connectivity index (χ3n) is 3.71. The molecule has 2 heterocycles. The van der Waals surface area contributed by atoms with E-state index in [2.05, 4.69) is 0 Å². The summed E-state index contributed by atoms with van der Waals surface area (Å²) in [6.45, 7) is 0. The van der Waals surface area contributed by atoms with Crippen molar-refractivity contribution < 1.29 is 15.0 Å². The topological polar surface area (TPSA) is 57.5 Å². The molecule has 2 aromatic heterocycles. The highest BCUT2D eigenvalue weighted by atomic mass is 32.1. The van der Waals surface area contributed by atoms with Crippen LogP contribution in [0.1, 0.15) is 32.3 Å². The first kappa shape index (κ1) is 16.1. The smallest absolute Gasteiger partial charge is 0.171 e. The molecule has 1 aromatic carbocycles. The second kappa shape index (κ2) is 7.19. The van der Waals surface area contributed by atoms with Crippen molar-refractivity contribution in [1.82, 2.24) is 0 Å². The summed E-state index contributed by atoms with van der Waals surface area (Å²) in [5, 5.41) is 25.1. The molecule has 0 unspecified atom stereocenters. The van der Waals surface area contributed by atoms with Crippen LogP contribution in [0.3, 0.4) is 0 Å². The molecule has 0 saturated carbocycles. The second-order valence-corrected chi connectivity index (χ2v) is 7.14. The Kier molecular flexibility index (Phi) is 5.03. The Morgan fingerprint density at radius 2 is 1.30 bits per heavy atom. The lowest BCUT2D eigenvalue weighted by atomic mass is 9.86. The predicted octanol–water partition coefficient (Wildman–Crippen LogP) is 4.08. The number of ketones is 1. The van der Waals surface area contributed by atoms with Crippen molar-refractivity contribution in [2.45, 2.75) is 12.2 Å². The van der Waals surface area contributed by atoms with E-state index >= 15 is 0 Å². The lowest BCUT2D eigenvalue weighted by molar-refractivity contribution is 0.0170. The van der Waals surface area contributed by atoms with Crippen LogP contribution in [-0.4, -0.2) is 16.0 Å². The van der Waals surface area contributed by atoms with E-state index in [1.165, 1.54) is 22.7 Å². The molecule has 0 amide bonds. The molecule has 3 rings (SSSR count). The van der Waals surface area contributed by atoms with Crippen LogP contribution in [0, 0.1) is 5.92 Å². The summed E-state index contributed by atoms with van der Waals surface area (Å²) >= 11 is 2.75. The van der Waals surface area contributed by atoms with Gasteiger partial charge in [-0.1, -0.05) is 42.5 Å². The van der Waals surface area contributed by atoms with Crippen LogP contribution in [0.25, 0.3) is 0 Å². The van der Waals surface area contributed by atoms with Gasteiger partial charge in [-0.15, -0.1) is 22.7 Å². The molecule has 0 aliphatic carbocycles. The molecular formula is C18H16O3S2. The van der Waals surface area contributed by atoms with Gasteiger partial charge in [-0.25, -0.2) is 0 Å². The maximum absolute atomic E-state index is 12.9. The molecule has 0 aliphatic rings. The van der Waals surface area contributed by atoms with Gasteiger partial charge in [-0.3, -0.25) is 4.79 Å². The van der Waals surface area contributed by atoms with E-state index in [-0.39, 0.29) is 5.78 Å². The van der Waals surface area contributed by atoms with Gasteiger partial charge in [0.2, 0.25) is 0 Å². The van der Waals surface area contributed by atoms with E-state index < -0.39 is 18.1 Å². The zero-order valence-corrected chi connectivity index (χ0v) is 13.8. The first-order valence-electron chi connectivity index (χ1n) is 7.20. The number of benzene rings is 1. The zero-order valence-electron chi connectivity index (χ0n) is 12.2. The predicted molar refractivity (Wildman–Crippen MR) is 92.8 cm³/mol. The van der Waals surface area contributed by atoms with E-state index in [1.54, 1.807) is 36.4 Å². The van der Waals surface area contributed by atoms with Gasteiger partial charge < -0.3 is 10.2 Å². The van der Waals surface area contributed by atoms with Crippen molar-refractivity contribution in [2.75, 3.05) is 0 Å². The van der Waals surface area contributed by atoms with Crippen LogP contribution in [0.4, 0.5) is 0 Å². The summed E-state index contributed by atoms with van der Waals surface area (Å²) in [7, 11) is 0. The molecule has 3 aromatic rings. The molecule has 0 bridgehead atoms. The van der Waals surface area contributed by atoms with Crippen LogP contribution < -0.4 is 0 Å². The van der Waals surface area contributed by atoms with E-state index in [0.29, 0.717) is 15.3 Å². The van der Waals surface area contributed by atoms with Crippen LogP contribution in [0.5, 0.6) is 0 Å². The first-order valence-corrected chi connectivity index (χ1v) is 8.96. The lowest BCUT2D eigenvalue weighted by Gasteiger charge is -2.25. The molecule has 2 atom stereocenters. The number of rotatable bonds is 6. The number of hydrogen-bond acceptors (Lipinski definition) is 5. The van der Waals surface area contributed by atoms with Gasteiger partial charge in [-0.2, -0.15) is 0 Å². The SMILES string of the molecule is O=C(c1ccccc1)C([C@H](O)c1cccs1)[C@H](O)c1cccs1. The van der Waals surface area contributed by atoms with Gasteiger partial charge in [-0.05, 0) is 22.9 Å². The Bertz CT molecular complexity index is 696. The first-order chi connectivity index (χ1) is 11.2. The average molecular weight is 344 g/mol. The highest BCUT2D eigenvalue weighted by Gasteiger charge is 2.36. The molecule has 0 saturated heterocycles. The Balaban J connectivity index is 1.98. The van der Waals surface area contributed by atoms with Crippen LogP contribution in [0.2, 0.25) is 0 Å². The summed E-state index contributed by atoms with van der Waals surface area (Å²) in [6, 6.07) is 16.0. The third-order valence-corrected chi connectivity index (χ3v) is 5.60. The summed E-state index contributed by atoms with van der Waals surface area (Å²) in [4.78, 5) is 14.3. The Morgan fingerprint density at radius 1 is 0.783 bits per heavy atom. The molecule has 0 fully saturated rings. The third kappa shape index (κ3) is 3.43. The van der Waals surface area contributed by atoms with E-state index in [1.807, 2.05) is 29.0 Å². The van der Waals surface area contributed by atoms with Gasteiger partial charge in [0, 0.05) is 15.3 Å². The summed E-state index contributed by atoms with van der Waals surface area (Å²) in [5.41, 5.74) is 0.490. The van der Waals surface area contributed by atoms with Crippen molar-refractivity contribution in [1.29, 1.82) is 0 Å². The standard InChI is InChI=1S/C18H16O3S2/c19-16(12-6-2-1-3-7-12)15(17(20)13-8-4-10-22-13)18(21)14-9-5-11-23-14/h1-11,15,17-18,20-21H/t17-,18-/m1/s1. The van der Waals surface area contributed by atoms with Crippen LogP contribution >= 0.6 is 22.7 Å². The van der Waals surface area contributed by atoms with E-state index in [4.69, 9.17) is 0 Å².